The van der Waals surface area contributed by atoms with E-state index in [-0.39, 0.29) is 16.9 Å². The Balaban J connectivity index is 1.94. The van der Waals surface area contributed by atoms with Gasteiger partial charge in [-0.15, -0.1) is 0 Å². The van der Waals surface area contributed by atoms with Gasteiger partial charge in [0.1, 0.15) is 17.1 Å². The summed E-state index contributed by atoms with van der Waals surface area (Å²) < 4.78 is 0. The fraction of sp³-hybridized carbons (Fsp3) is 0.267. The van der Waals surface area contributed by atoms with Gasteiger partial charge >= 0.3 is 0 Å². The lowest BCUT2D eigenvalue weighted by Crippen LogP contribution is -2.26. The van der Waals surface area contributed by atoms with Crippen LogP contribution in [0.2, 0.25) is 10.0 Å². The second-order valence-corrected chi connectivity index (χ2v) is 6.03. The summed E-state index contributed by atoms with van der Waals surface area (Å²) >= 11 is 12.1. The smallest absolute Gasteiger partial charge is 0.263 e. The number of aromatic amines is 1. The number of hydrogen-bond donors (Lipinski definition) is 2. The maximum Gasteiger partial charge on any atom is 0.263 e. The van der Waals surface area contributed by atoms with Crippen LogP contribution in [0.25, 0.3) is 0 Å². The van der Waals surface area contributed by atoms with Crippen molar-refractivity contribution in [1.82, 2.24) is 9.97 Å². The SMILES string of the molecule is Nc1nc(N2CCCC2)[nH]c(=O)c1C=Nc1c(Cl)cccc1Cl. The lowest BCUT2D eigenvalue weighted by atomic mass is 10.3. The molecule has 3 N–H and O–H groups in total. The van der Waals surface area contributed by atoms with Crippen molar-refractivity contribution in [2.45, 2.75) is 12.8 Å². The highest BCUT2D eigenvalue weighted by Gasteiger charge is 2.16. The average Bonchev–Trinajstić information content (AvgIpc) is 3.03. The van der Waals surface area contributed by atoms with Gasteiger partial charge in [-0.25, -0.2) is 0 Å². The van der Waals surface area contributed by atoms with Crippen molar-refractivity contribution in [3.05, 3.63) is 44.2 Å². The summed E-state index contributed by atoms with van der Waals surface area (Å²) in [5.41, 5.74) is 6.15. The minimum Gasteiger partial charge on any atom is -0.383 e. The Morgan fingerprint density at radius 3 is 2.52 bits per heavy atom. The first kappa shape index (κ1) is 15.8. The Morgan fingerprint density at radius 2 is 1.91 bits per heavy atom. The highest BCUT2D eigenvalue weighted by atomic mass is 35.5. The normalized spacial score (nSPS) is 14.8. The Hall–Kier alpha value is -2.05. The Labute approximate surface area is 143 Å². The molecule has 0 spiro atoms. The molecule has 120 valence electrons. The number of nitrogens with two attached hydrogens (primary N) is 1. The van der Waals surface area contributed by atoms with Crippen molar-refractivity contribution in [2.24, 2.45) is 4.99 Å². The predicted molar refractivity (Wildman–Crippen MR) is 94.4 cm³/mol. The molecule has 0 aliphatic carbocycles. The second kappa shape index (κ2) is 6.60. The van der Waals surface area contributed by atoms with Gasteiger partial charge in [0.15, 0.2) is 0 Å². The van der Waals surface area contributed by atoms with Crippen molar-refractivity contribution < 1.29 is 0 Å². The zero-order valence-corrected chi connectivity index (χ0v) is 13.7. The predicted octanol–water partition coefficient (Wildman–Crippen LogP) is 3.01. The molecule has 1 aromatic heterocycles. The van der Waals surface area contributed by atoms with E-state index in [4.69, 9.17) is 28.9 Å². The topological polar surface area (TPSA) is 87.4 Å². The number of anilines is 2. The largest absolute Gasteiger partial charge is 0.383 e. The number of aromatic nitrogens is 2. The molecule has 23 heavy (non-hydrogen) atoms. The number of hydrogen-bond acceptors (Lipinski definition) is 5. The number of rotatable bonds is 3. The zero-order valence-electron chi connectivity index (χ0n) is 12.2. The molecule has 8 heteroatoms. The van der Waals surface area contributed by atoms with Crippen LogP contribution in [0.3, 0.4) is 0 Å². The fourth-order valence-corrected chi connectivity index (χ4v) is 2.93. The van der Waals surface area contributed by atoms with Crippen molar-refractivity contribution in [2.75, 3.05) is 23.7 Å². The van der Waals surface area contributed by atoms with Crippen molar-refractivity contribution in [3.63, 3.8) is 0 Å². The van der Waals surface area contributed by atoms with Crippen molar-refractivity contribution in [1.29, 1.82) is 0 Å². The third kappa shape index (κ3) is 3.33. The number of benzene rings is 1. The molecule has 2 aromatic rings. The van der Waals surface area contributed by atoms with E-state index in [0.29, 0.717) is 21.7 Å². The number of para-hydroxylation sites is 1. The standard InChI is InChI=1S/C15H15Cl2N5O/c16-10-4-3-5-11(17)12(10)19-8-9-13(18)20-15(21-14(9)23)22-6-1-2-7-22/h3-5,8H,1-2,6-7H2,(H3,18,20,21,23). The molecule has 1 fully saturated rings. The molecule has 0 bridgehead atoms. The number of H-pyrrole nitrogens is 1. The van der Waals surface area contributed by atoms with Crippen LogP contribution >= 0.6 is 23.2 Å². The number of nitrogen functional groups attached to an aromatic ring is 1. The summed E-state index contributed by atoms with van der Waals surface area (Å²) in [6.45, 7) is 1.73. The summed E-state index contributed by atoms with van der Waals surface area (Å²) in [4.78, 5) is 25.4. The molecule has 1 aliphatic heterocycles. The van der Waals surface area contributed by atoms with E-state index < -0.39 is 0 Å². The first-order valence-corrected chi connectivity index (χ1v) is 7.94. The van der Waals surface area contributed by atoms with E-state index in [9.17, 15) is 4.79 Å². The van der Waals surface area contributed by atoms with Gasteiger partial charge in [0.05, 0.1) is 10.0 Å². The average molecular weight is 352 g/mol. The first-order valence-electron chi connectivity index (χ1n) is 7.19. The third-order valence-electron chi connectivity index (χ3n) is 3.64. The van der Waals surface area contributed by atoms with Gasteiger partial charge in [-0.3, -0.25) is 14.8 Å². The Morgan fingerprint density at radius 1 is 1.26 bits per heavy atom. The second-order valence-electron chi connectivity index (χ2n) is 5.21. The van der Waals surface area contributed by atoms with Crippen LogP contribution < -0.4 is 16.2 Å². The molecular weight excluding hydrogens is 337 g/mol. The molecule has 2 heterocycles. The first-order chi connectivity index (χ1) is 11.1. The van der Waals surface area contributed by atoms with Crippen molar-refractivity contribution >= 4 is 46.9 Å². The van der Waals surface area contributed by atoms with Gasteiger partial charge in [-0.1, -0.05) is 29.3 Å². The Bertz CT molecular complexity index is 792. The fourth-order valence-electron chi connectivity index (χ4n) is 2.43. The molecule has 0 amide bonds. The third-order valence-corrected chi connectivity index (χ3v) is 4.25. The van der Waals surface area contributed by atoms with E-state index in [2.05, 4.69) is 15.0 Å². The lowest BCUT2D eigenvalue weighted by molar-refractivity contribution is 0.892. The minimum absolute atomic E-state index is 0.127. The summed E-state index contributed by atoms with van der Waals surface area (Å²) in [6.07, 6.45) is 3.50. The molecule has 0 saturated carbocycles. The zero-order chi connectivity index (χ0) is 16.4. The molecule has 0 radical (unpaired) electrons. The van der Waals surface area contributed by atoms with Crippen LogP contribution in [0.15, 0.2) is 28.0 Å². The molecule has 1 aliphatic rings. The van der Waals surface area contributed by atoms with Crippen LogP contribution in [0.4, 0.5) is 17.5 Å². The molecular formula is C15H15Cl2N5O. The highest BCUT2D eigenvalue weighted by molar-refractivity contribution is 6.38. The molecule has 0 atom stereocenters. The molecule has 1 saturated heterocycles. The summed E-state index contributed by atoms with van der Waals surface area (Å²) in [5, 5.41) is 0.788. The summed E-state index contributed by atoms with van der Waals surface area (Å²) in [6, 6.07) is 5.06. The summed E-state index contributed by atoms with van der Waals surface area (Å²) in [5.74, 6) is 0.625. The van der Waals surface area contributed by atoms with Gasteiger partial charge < -0.3 is 10.6 Å². The van der Waals surface area contributed by atoms with Gasteiger partial charge in [-0.05, 0) is 25.0 Å². The van der Waals surface area contributed by atoms with Gasteiger partial charge in [0, 0.05) is 19.3 Å². The minimum atomic E-state index is -0.341. The van der Waals surface area contributed by atoms with Crippen LogP contribution in [-0.4, -0.2) is 29.3 Å². The highest BCUT2D eigenvalue weighted by Crippen LogP contribution is 2.32. The molecule has 6 nitrogen and oxygen atoms in total. The quantitative estimate of drug-likeness (QED) is 0.832. The number of nitrogens with one attached hydrogen (secondary N) is 1. The lowest BCUT2D eigenvalue weighted by Gasteiger charge is -2.16. The summed E-state index contributed by atoms with van der Waals surface area (Å²) in [7, 11) is 0. The maximum absolute atomic E-state index is 12.2. The van der Waals surface area contributed by atoms with E-state index in [1.165, 1.54) is 6.21 Å². The van der Waals surface area contributed by atoms with Crippen LogP contribution in [0, 0.1) is 0 Å². The number of halogens is 2. The monoisotopic (exact) mass is 351 g/mol. The van der Waals surface area contributed by atoms with Crippen LogP contribution in [-0.2, 0) is 0 Å². The van der Waals surface area contributed by atoms with Gasteiger partial charge in [0.25, 0.3) is 5.56 Å². The molecule has 1 aromatic carbocycles. The van der Waals surface area contributed by atoms with Crippen molar-refractivity contribution in [3.8, 4) is 0 Å². The van der Waals surface area contributed by atoms with Crippen LogP contribution in [0.1, 0.15) is 18.4 Å². The molecule has 3 rings (SSSR count). The van der Waals surface area contributed by atoms with E-state index >= 15 is 0 Å². The van der Waals surface area contributed by atoms with E-state index in [1.54, 1.807) is 18.2 Å². The van der Waals surface area contributed by atoms with Gasteiger partial charge in [-0.2, -0.15) is 4.98 Å². The van der Waals surface area contributed by atoms with E-state index in [1.807, 2.05) is 4.90 Å². The van der Waals surface area contributed by atoms with Crippen LogP contribution in [0.5, 0.6) is 0 Å². The van der Waals surface area contributed by atoms with Gasteiger partial charge in [0.2, 0.25) is 5.95 Å². The number of nitrogens with zero attached hydrogens (tertiary/aromatic N) is 3. The number of aliphatic imine (C=N–C) groups is 1. The molecule has 0 unspecified atom stereocenters. The van der Waals surface area contributed by atoms with E-state index in [0.717, 1.165) is 25.9 Å². The Kier molecular flexibility index (Phi) is 4.54. The maximum atomic E-state index is 12.2.